The normalized spacial score (nSPS) is 10.5. The van der Waals surface area contributed by atoms with Crippen LogP contribution in [0.2, 0.25) is 0 Å². The monoisotopic (exact) mass is 361 g/mol. The van der Waals surface area contributed by atoms with E-state index >= 15 is 0 Å². The smallest absolute Gasteiger partial charge is 0.242 e. The number of halogens is 1. The second-order valence-electron chi connectivity index (χ2n) is 4.12. The summed E-state index contributed by atoms with van der Waals surface area (Å²) in [6.07, 6.45) is 1.39. The molecule has 0 spiro atoms. The maximum absolute atomic E-state index is 9.32. The molecular weight excluding hydrogens is 354 g/mol. The van der Waals surface area contributed by atoms with Gasteiger partial charge < -0.3 is 9.72 Å². The summed E-state index contributed by atoms with van der Waals surface area (Å²) in [6, 6.07) is 7.54. The van der Waals surface area contributed by atoms with E-state index in [2.05, 4.69) is 37.0 Å². The molecule has 2 aromatic heterocycles. The molecule has 0 saturated heterocycles. The average molecular weight is 362 g/mol. The van der Waals surface area contributed by atoms with Crippen molar-refractivity contribution in [2.45, 2.75) is 0 Å². The highest BCUT2D eigenvalue weighted by atomic mass is 79.9. The van der Waals surface area contributed by atoms with Crippen molar-refractivity contribution in [3.05, 3.63) is 39.3 Å². The summed E-state index contributed by atoms with van der Waals surface area (Å²) in [4.78, 5) is 11.3. The molecule has 0 fully saturated rings. The fourth-order valence-corrected chi connectivity index (χ4v) is 2.72. The van der Waals surface area contributed by atoms with Crippen molar-refractivity contribution in [2.75, 3.05) is 7.11 Å². The van der Waals surface area contributed by atoms with Crippen molar-refractivity contribution in [1.29, 1.82) is 5.26 Å². The molecule has 3 aromatic rings. The van der Waals surface area contributed by atoms with Crippen LogP contribution in [0.15, 0.2) is 29.0 Å². The Morgan fingerprint density at radius 1 is 1.43 bits per heavy atom. The Kier molecular flexibility index (Phi) is 3.45. The molecule has 3 rings (SSSR count). The number of methoxy groups -OCH3 is 1. The Hall–Kier alpha value is -2.24. The standard InChI is InChI=1S/C13H8BrN5OS/c1-20-12-10-11(16-6-17-12)19(13(21)18-10)9-3-2-8(14)4-7(9)5-15/h2-4,6H,1H3,(H,18,21). The van der Waals surface area contributed by atoms with Gasteiger partial charge in [0.15, 0.2) is 10.4 Å². The van der Waals surface area contributed by atoms with Crippen LogP contribution < -0.4 is 4.74 Å². The number of aromatic nitrogens is 4. The van der Waals surface area contributed by atoms with E-state index in [9.17, 15) is 5.26 Å². The fourth-order valence-electron chi connectivity index (χ4n) is 2.07. The largest absolute Gasteiger partial charge is 0.479 e. The Bertz CT molecular complexity index is 940. The summed E-state index contributed by atoms with van der Waals surface area (Å²) < 4.78 is 8.13. The maximum Gasteiger partial charge on any atom is 0.242 e. The minimum absolute atomic E-state index is 0.403. The van der Waals surface area contributed by atoms with E-state index < -0.39 is 0 Å². The van der Waals surface area contributed by atoms with Gasteiger partial charge >= 0.3 is 0 Å². The van der Waals surface area contributed by atoms with Crippen LogP contribution in [0, 0.1) is 16.1 Å². The van der Waals surface area contributed by atoms with Gasteiger partial charge in [0.05, 0.1) is 18.4 Å². The Labute approximate surface area is 133 Å². The third-order valence-electron chi connectivity index (χ3n) is 2.95. The maximum atomic E-state index is 9.32. The van der Waals surface area contributed by atoms with Crippen molar-refractivity contribution in [2.24, 2.45) is 0 Å². The van der Waals surface area contributed by atoms with Crippen molar-refractivity contribution < 1.29 is 4.74 Å². The van der Waals surface area contributed by atoms with E-state index in [-0.39, 0.29) is 0 Å². The average Bonchev–Trinajstić information content (AvgIpc) is 2.83. The first-order valence-corrected chi connectivity index (χ1v) is 7.05. The summed E-state index contributed by atoms with van der Waals surface area (Å²) in [5, 5.41) is 9.32. The second-order valence-corrected chi connectivity index (χ2v) is 5.42. The number of hydrogen-bond acceptors (Lipinski definition) is 5. The van der Waals surface area contributed by atoms with Gasteiger partial charge in [0.25, 0.3) is 0 Å². The van der Waals surface area contributed by atoms with Gasteiger partial charge in [-0.3, -0.25) is 4.57 Å². The molecule has 21 heavy (non-hydrogen) atoms. The number of rotatable bonds is 2. The van der Waals surface area contributed by atoms with Crippen molar-refractivity contribution >= 4 is 39.3 Å². The lowest BCUT2D eigenvalue weighted by Gasteiger charge is -2.06. The minimum atomic E-state index is 0.403. The zero-order chi connectivity index (χ0) is 15.0. The molecule has 1 N–H and O–H groups in total. The van der Waals surface area contributed by atoms with Crippen LogP contribution in [-0.4, -0.2) is 26.6 Å². The fraction of sp³-hybridized carbons (Fsp3) is 0.0769. The molecule has 0 aliphatic rings. The molecule has 0 aliphatic heterocycles. The molecule has 0 saturated carbocycles. The summed E-state index contributed by atoms with van der Waals surface area (Å²) in [6.45, 7) is 0. The van der Waals surface area contributed by atoms with Crippen molar-refractivity contribution in [3.8, 4) is 17.6 Å². The van der Waals surface area contributed by atoms with E-state index in [1.54, 1.807) is 16.7 Å². The molecule has 104 valence electrons. The van der Waals surface area contributed by atoms with Crippen molar-refractivity contribution in [1.82, 2.24) is 19.5 Å². The predicted molar refractivity (Wildman–Crippen MR) is 83.0 cm³/mol. The lowest BCUT2D eigenvalue weighted by atomic mass is 10.2. The number of ether oxygens (including phenoxy) is 1. The first-order chi connectivity index (χ1) is 10.2. The zero-order valence-corrected chi connectivity index (χ0v) is 13.2. The van der Waals surface area contributed by atoms with Crippen LogP contribution in [0.25, 0.3) is 16.9 Å². The quantitative estimate of drug-likeness (QED) is 0.709. The number of hydrogen-bond donors (Lipinski definition) is 1. The molecule has 8 heteroatoms. The van der Waals surface area contributed by atoms with Crippen LogP contribution in [0.5, 0.6) is 5.88 Å². The number of nitrogens with one attached hydrogen (secondary N) is 1. The third kappa shape index (κ3) is 2.20. The SMILES string of the molecule is COc1ncnc2c1[nH]c(=S)n2-c1ccc(Br)cc1C#N. The number of aromatic amines is 1. The van der Waals surface area contributed by atoms with Crippen LogP contribution in [0.4, 0.5) is 0 Å². The Morgan fingerprint density at radius 2 is 2.24 bits per heavy atom. The van der Waals surface area contributed by atoms with Gasteiger partial charge in [0.2, 0.25) is 5.88 Å². The van der Waals surface area contributed by atoms with Crippen LogP contribution in [0.1, 0.15) is 5.56 Å². The van der Waals surface area contributed by atoms with E-state index in [1.165, 1.54) is 13.4 Å². The number of benzene rings is 1. The number of fused-ring (bicyclic) bond motifs is 1. The van der Waals surface area contributed by atoms with Gasteiger partial charge in [-0.25, -0.2) is 4.98 Å². The Morgan fingerprint density at radius 3 is 2.95 bits per heavy atom. The Balaban J connectivity index is 2.39. The van der Waals surface area contributed by atoms with Crippen LogP contribution >= 0.6 is 28.1 Å². The predicted octanol–water partition coefficient (Wildman–Crippen LogP) is 3.12. The topological polar surface area (TPSA) is 79.5 Å². The highest BCUT2D eigenvalue weighted by molar-refractivity contribution is 9.10. The molecule has 2 heterocycles. The molecule has 0 radical (unpaired) electrons. The molecule has 0 bridgehead atoms. The molecule has 0 unspecified atom stereocenters. The number of nitrogens with zero attached hydrogens (tertiary/aromatic N) is 4. The molecule has 0 aliphatic carbocycles. The molecular formula is C13H8BrN5OS. The molecule has 1 aromatic carbocycles. The van der Waals surface area contributed by atoms with E-state index in [0.29, 0.717) is 33.1 Å². The van der Waals surface area contributed by atoms with Gasteiger partial charge in [-0.15, -0.1) is 0 Å². The summed E-state index contributed by atoms with van der Waals surface area (Å²) in [5.41, 5.74) is 2.29. The van der Waals surface area contributed by atoms with Gasteiger partial charge in [0, 0.05) is 4.47 Å². The first kappa shape index (κ1) is 13.7. The van der Waals surface area contributed by atoms with Gasteiger partial charge in [-0.2, -0.15) is 10.2 Å². The van der Waals surface area contributed by atoms with E-state index in [0.717, 1.165) is 4.47 Å². The highest BCUT2D eigenvalue weighted by Crippen LogP contribution is 2.26. The highest BCUT2D eigenvalue weighted by Gasteiger charge is 2.15. The number of H-pyrrole nitrogens is 1. The first-order valence-electron chi connectivity index (χ1n) is 5.85. The summed E-state index contributed by atoms with van der Waals surface area (Å²) >= 11 is 8.70. The van der Waals surface area contributed by atoms with Gasteiger partial charge in [-0.05, 0) is 30.4 Å². The van der Waals surface area contributed by atoms with E-state index in [4.69, 9.17) is 17.0 Å². The number of nitriles is 1. The lowest BCUT2D eigenvalue weighted by molar-refractivity contribution is 0.401. The third-order valence-corrected chi connectivity index (χ3v) is 3.73. The number of imidazole rings is 1. The van der Waals surface area contributed by atoms with Crippen LogP contribution in [0.3, 0.4) is 0 Å². The van der Waals surface area contributed by atoms with Crippen LogP contribution in [-0.2, 0) is 0 Å². The molecule has 6 nitrogen and oxygen atoms in total. The molecule has 0 atom stereocenters. The zero-order valence-electron chi connectivity index (χ0n) is 10.8. The van der Waals surface area contributed by atoms with Gasteiger partial charge in [-0.1, -0.05) is 15.9 Å². The second kappa shape index (κ2) is 5.27. The lowest BCUT2D eigenvalue weighted by Crippen LogP contribution is -1.99. The van der Waals surface area contributed by atoms with Gasteiger partial charge in [0.1, 0.15) is 17.9 Å². The minimum Gasteiger partial charge on any atom is -0.479 e. The van der Waals surface area contributed by atoms with Crippen molar-refractivity contribution in [3.63, 3.8) is 0 Å². The summed E-state index contributed by atoms with van der Waals surface area (Å²) in [7, 11) is 1.52. The molecule has 0 amide bonds. The summed E-state index contributed by atoms with van der Waals surface area (Å²) in [5.74, 6) is 0.403. The van der Waals surface area contributed by atoms with E-state index in [1.807, 2.05) is 6.07 Å².